The molecule has 3 unspecified atom stereocenters. The van der Waals surface area contributed by atoms with Gasteiger partial charge in [0.25, 0.3) is 0 Å². The van der Waals surface area contributed by atoms with Crippen LogP contribution in [0.2, 0.25) is 0 Å². The number of nitrogens with one attached hydrogen (secondary N) is 2. The molecule has 39 heavy (non-hydrogen) atoms. The molecule has 0 spiro atoms. The summed E-state index contributed by atoms with van der Waals surface area (Å²) in [6.07, 6.45) is 1.78. The highest BCUT2D eigenvalue weighted by Gasteiger charge is 2.49. The monoisotopic (exact) mass is 533 g/mol. The third-order valence-electron chi connectivity index (χ3n) is 7.38. The lowest BCUT2D eigenvalue weighted by molar-refractivity contribution is -0.158. The molecule has 2 aliphatic rings. The molecule has 1 aliphatic carbocycles. The van der Waals surface area contributed by atoms with Crippen molar-refractivity contribution in [1.29, 1.82) is 0 Å². The van der Waals surface area contributed by atoms with Crippen LogP contribution >= 0.6 is 0 Å². The van der Waals surface area contributed by atoms with Crippen molar-refractivity contribution in [3.05, 3.63) is 70.8 Å². The Morgan fingerprint density at radius 3 is 2.13 bits per heavy atom. The van der Waals surface area contributed by atoms with Gasteiger partial charge in [0.1, 0.15) is 18.1 Å². The third kappa shape index (κ3) is 6.15. The van der Waals surface area contributed by atoms with Crippen LogP contribution in [0.15, 0.2) is 48.5 Å². The number of methoxy groups -OCH3 is 1. The average molecular weight is 534 g/mol. The van der Waals surface area contributed by atoms with E-state index < -0.39 is 29.6 Å². The van der Waals surface area contributed by atoms with Gasteiger partial charge in [-0.25, -0.2) is 4.79 Å². The van der Waals surface area contributed by atoms with E-state index in [9.17, 15) is 19.2 Å². The van der Waals surface area contributed by atoms with E-state index in [1.54, 1.807) is 24.3 Å². The molecule has 3 atom stereocenters. The summed E-state index contributed by atoms with van der Waals surface area (Å²) in [6, 6.07) is 12.0. The fourth-order valence-electron chi connectivity index (χ4n) is 5.67. The summed E-state index contributed by atoms with van der Waals surface area (Å²) in [5.74, 6) is -1.37. The first-order valence-electron chi connectivity index (χ1n) is 13.6. The van der Waals surface area contributed by atoms with E-state index in [0.29, 0.717) is 30.4 Å². The molecule has 2 aromatic rings. The molecule has 0 bridgehead atoms. The van der Waals surface area contributed by atoms with Gasteiger partial charge in [-0.3, -0.25) is 14.4 Å². The Hall–Kier alpha value is -3.68. The van der Waals surface area contributed by atoms with Gasteiger partial charge in [-0.05, 0) is 80.7 Å². The summed E-state index contributed by atoms with van der Waals surface area (Å²) in [7, 11) is 1.30. The summed E-state index contributed by atoms with van der Waals surface area (Å²) < 4.78 is 4.82. The molecule has 1 saturated heterocycles. The number of hydrogen-bond donors (Lipinski definition) is 2. The number of hydrogen-bond acceptors (Lipinski definition) is 5. The highest BCUT2D eigenvalue weighted by Crippen LogP contribution is 2.35. The number of fused-ring (bicyclic) bond motifs is 1. The normalized spacial score (nSPS) is 20.4. The number of nitrogens with zero attached hydrogens (tertiary/aromatic N) is 1. The number of ether oxygens (including phenoxy) is 1. The van der Waals surface area contributed by atoms with E-state index in [4.69, 9.17) is 4.74 Å². The van der Waals surface area contributed by atoms with Crippen LogP contribution in [-0.4, -0.2) is 53.3 Å². The smallest absolute Gasteiger partial charge is 0.337 e. The summed E-state index contributed by atoms with van der Waals surface area (Å²) in [4.78, 5) is 55.5. The molecule has 2 N–H and O–H groups in total. The topological polar surface area (TPSA) is 105 Å². The number of esters is 1. The standard InChI is InChI=1S/C31H39N3O5/c1-18(2)15-24-27(35)32-25(23-16-21-9-7-8-10-22(21)17-23)29(37)34(24)26(28(36)33-31(3,4)5)19-11-13-20(14-12-19)30(38)39-6/h7-14,18,23-26H,15-17H2,1-6H3,(H,32,35)(H,33,36). The molecule has 1 heterocycles. The molecule has 4 rings (SSSR count). The number of carbonyl (C=O) groups is 4. The molecule has 0 aromatic heterocycles. The summed E-state index contributed by atoms with van der Waals surface area (Å²) in [5.41, 5.74) is 2.65. The average Bonchev–Trinajstić information content (AvgIpc) is 3.30. The molecule has 208 valence electrons. The molecule has 0 saturated carbocycles. The van der Waals surface area contributed by atoms with Gasteiger partial charge in [0, 0.05) is 5.54 Å². The summed E-state index contributed by atoms with van der Waals surface area (Å²) >= 11 is 0. The predicted molar refractivity (Wildman–Crippen MR) is 148 cm³/mol. The Kier molecular flexibility index (Phi) is 8.14. The molecule has 1 aliphatic heterocycles. The zero-order chi connectivity index (χ0) is 28.5. The fourth-order valence-corrected chi connectivity index (χ4v) is 5.67. The maximum atomic E-state index is 14.4. The van der Waals surface area contributed by atoms with Crippen LogP contribution in [0, 0.1) is 11.8 Å². The van der Waals surface area contributed by atoms with E-state index in [-0.39, 0.29) is 29.6 Å². The van der Waals surface area contributed by atoms with Crippen LogP contribution < -0.4 is 10.6 Å². The summed E-state index contributed by atoms with van der Waals surface area (Å²) in [5, 5.41) is 6.05. The van der Waals surface area contributed by atoms with Crippen molar-refractivity contribution in [2.45, 2.75) is 77.5 Å². The van der Waals surface area contributed by atoms with Crippen molar-refractivity contribution in [3.8, 4) is 0 Å². The SMILES string of the molecule is COC(=O)c1ccc(C(C(=O)NC(C)(C)C)N2C(=O)C(C3Cc4ccccc4C3)NC(=O)C2CC(C)C)cc1. The number of amides is 3. The van der Waals surface area contributed by atoms with Crippen molar-refractivity contribution < 1.29 is 23.9 Å². The first-order valence-corrected chi connectivity index (χ1v) is 13.6. The minimum absolute atomic E-state index is 0.102. The van der Waals surface area contributed by atoms with Gasteiger partial charge in [0.2, 0.25) is 17.7 Å². The van der Waals surface area contributed by atoms with Crippen molar-refractivity contribution in [3.63, 3.8) is 0 Å². The summed E-state index contributed by atoms with van der Waals surface area (Å²) in [6.45, 7) is 9.60. The van der Waals surface area contributed by atoms with Gasteiger partial charge in [-0.15, -0.1) is 0 Å². The Morgan fingerprint density at radius 2 is 1.62 bits per heavy atom. The second-order valence-electron chi connectivity index (χ2n) is 12.1. The Bertz CT molecular complexity index is 1220. The van der Waals surface area contributed by atoms with Crippen LogP contribution in [0.4, 0.5) is 0 Å². The van der Waals surface area contributed by atoms with Crippen molar-refractivity contribution in [1.82, 2.24) is 15.5 Å². The minimum Gasteiger partial charge on any atom is -0.465 e. The number of carbonyl (C=O) groups excluding carboxylic acids is 4. The lowest BCUT2D eigenvalue weighted by Gasteiger charge is -2.45. The minimum atomic E-state index is -1.05. The number of benzene rings is 2. The van der Waals surface area contributed by atoms with Gasteiger partial charge < -0.3 is 20.3 Å². The molecular weight excluding hydrogens is 494 g/mol. The lowest BCUT2D eigenvalue weighted by atomic mass is 9.87. The van der Waals surface area contributed by atoms with Crippen LogP contribution in [0.3, 0.4) is 0 Å². The van der Waals surface area contributed by atoms with Crippen LogP contribution in [0.1, 0.15) is 74.1 Å². The van der Waals surface area contributed by atoms with E-state index in [2.05, 4.69) is 22.8 Å². The largest absolute Gasteiger partial charge is 0.465 e. The van der Waals surface area contributed by atoms with Gasteiger partial charge in [-0.2, -0.15) is 0 Å². The van der Waals surface area contributed by atoms with Gasteiger partial charge in [0.15, 0.2) is 0 Å². The zero-order valence-electron chi connectivity index (χ0n) is 23.6. The molecule has 3 amide bonds. The fraction of sp³-hybridized carbons (Fsp3) is 0.484. The molecular formula is C31H39N3O5. The van der Waals surface area contributed by atoms with Crippen LogP contribution in [-0.2, 0) is 32.0 Å². The second-order valence-corrected chi connectivity index (χ2v) is 12.1. The van der Waals surface area contributed by atoms with E-state index in [1.807, 2.05) is 46.8 Å². The maximum Gasteiger partial charge on any atom is 0.337 e. The first-order chi connectivity index (χ1) is 18.4. The van der Waals surface area contributed by atoms with Crippen molar-refractivity contribution in [2.24, 2.45) is 11.8 Å². The van der Waals surface area contributed by atoms with Crippen LogP contribution in [0.5, 0.6) is 0 Å². The quantitative estimate of drug-likeness (QED) is 0.530. The zero-order valence-corrected chi connectivity index (χ0v) is 23.6. The highest BCUT2D eigenvalue weighted by molar-refractivity contribution is 6.00. The lowest BCUT2D eigenvalue weighted by Crippen LogP contribution is -2.67. The molecule has 2 aromatic carbocycles. The van der Waals surface area contributed by atoms with E-state index >= 15 is 0 Å². The van der Waals surface area contributed by atoms with Gasteiger partial charge in [0.05, 0.1) is 12.7 Å². The Morgan fingerprint density at radius 1 is 1.03 bits per heavy atom. The molecule has 0 radical (unpaired) electrons. The van der Waals surface area contributed by atoms with Crippen molar-refractivity contribution in [2.75, 3.05) is 7.11 Å². The first kappa shape index (κ1) is 28.3. The van der Waals surface area contributed by atoms with E-state index in [1.165, 1.54) is 23.1 Å². The molecule has 8 nitrogen and oxygen atoms in total. The predicted octanol–water partition coefficient (Wildman–Crippen LogP) is 3.59. The van der Waals surface area contributed by atoms with Crippen LogP contribution in [0.25, 0.3) is 0 Å². The van der Waals surface area contributed by atoms with E-state index in [0.717, 1.165) is 0 Å². The Labute approximate surface area is 230 Å². The second kappa shape index (κ2) is 11.2. The molecule has 1 fully saturated rings. The Balaban J connectivity index is 1.77. The highest BCUT2D eigenvalue weighted by atomic mass is 16.5. The molecule has 8 heteroatoms. The number of rotatable bonds is 7. The van der Waals surface area contributed by atoms with Crippen molar-refractivity contribution >= 4 is 23.7 Å². The maximum absolute atomic E-state index is 14.4. The third-order valence-corrected chi connectivity index (χ3v) is 7.38. The van der Waals surface area contributed by atoms with Gasteiger partial charge in [-0.1, -0.05) is 50.2 Å². The van der Waals surface area contributed by atoms with Gasteiger partial charge >= 0.3 is 5.97 Å². The number of piperazine rings is 1.